The lowest BCUT2D eigenvalue weighted by atomic mass is 10.1. The van der Waals surface area contributed by atoms with E-state index < -0.39 is 0 Å². The van der Waals surface area contributed by atoms with Crippen LogP contribution in [-0.4, -0.2) is 38.5 Å². The summed E-state index contributed by atoms with van der Waals surface area (Å²) in [6.07, 6.45) is 0. The third kappa shape index (κ3) is 4.40. The molecule has 1 aromatic carbocycles. The van der Waals surface area contributed by atoms with Crippen LogP contribution in [0.2, 0.25) is 0 Å². The Labute approximate surface area is 116 Å². The van der Waals surface area contributed by atoms with Crippen molar-refractivity contribution >= 4 is 5.69 Å². The second-order valence-electron chi connectivity index (χ2n) is 4.59. The number of phenolic OH excluding ortho intramolecular Hbond substituents is 1. The van der Waals surface area contributed by atoms with Crippen LogP contribution in [0, 0.1) is 0 Å². The van der Waals surface area contributed by atoms with Gasteiger partial charge in [-0.15, -0.1) is 0 Å². The molecule has 0 amide bonds. The lowest BCUT2D eigenvalue weighted by Crippen LogP contribution is -2.26. The van der Waals surface area contributed by atoms with E-state index in [9.17, 15) is 5.11 Å². The van der Waals surface area contributed by atoms with E-state index in [0.29, 0.717) is 12.4 Å². The molecule has 0 bridgehead atoms. The number of nitrogens with zero attached hydrogens (tertiary/aromatic N) is 1. The van der Waals surface area contributed by atoms with Gasteiger partial charge < -0.3 is 20.1 Å². The molecule has 0 fully saturated rings. The predicted octanol–water partition coefficient (Wildman–Crippen LogP) is 2.54. The van der Waals surface area contributed by atoms with Gasteiger partial charge in [-0.2, -0.15) is 0 Å². The number of ether oxygens (including phenoxy) is 1. The third-order valence-electron chi connectivity index (χ3n) is 3.30. The highest BCUT2D eigenvalue weighted by molar-refractivity contribution is 5.54. The summed E-state index contributed by atoms with van der Waals surface area (Å²) < 4.78 is 5.11. The van der Waals surface area contributed by atoms with Gasteiger partial charge >= 0.3 is 0 Å². The monoisotopic (exact) mass is 266 g/mol. The van der Waals surface area contributed by atoms with Crippen LogP contribution in [-0.2, 0) is 4.74 Å². The third-order valence-corrected chi connectivity index (χ3v) is 3.30. The first-order chi connectivity index (χ1) is 9.13. The molecule has 0 aliphatic rings. The summed E-state index contributed by atoms with van der Waals surface area (Å²) >= 11 is 0. The van der Waals surface area contributed by atoms with Crippen LogP contribution in [0.5, 0.6) is 5.75 Å². The number of anilines is 1. The van der Waals surface area contributed by atoms with Crippen molar-refractivity contribution in [2.75, 3.05) is 38.3 Å². The van der Waals surface area contributed by atoms with Gasteiger partial charge in [0.1, 0.15) is 5.75 Å². The van der Waals surface area contributed by atoms with Gasteiger partial charge in [0.2, 0.25) is 0 Å². The second-order valence-corrected chi connectivity index (χ2v) is 4.59. The zero-order valence-electron chi connectivity index (χ0n) is 12.4. The zero-order chi connectivity index (χ0) is 14.3. The number of nitrogens with one attached hydrogen (secondary N) is 1. The molecule has 0 aliphatic heterocycles. The molecule has 19 heavy (non-hydrogen) atoms. The summed E-state index contributed by atoms with van der Waals surface area (Å²) in [5, 5.41) is 13.5. The van der Waals surface area contributed by atoms with Crippen molar-refractivity contribution in [3.63, 3.8) is 0 Å². The van der Waals surface area contributed by atoms with E-state index in [1.807, 2.05) is 12.1 Å². The maximum atomic E-state index is 10.2. The van der Waals surface area contributed by atoms with Gasteiger partial charge in [-0.1, -0.05) is 13.0 Å². The van der Waals surface area contributed by atoms with Crippen molar-refractivity contribution in [1.82, 2.24) is 5.32 Å². The molecule has 0 aromatic heterocycles. The molecule has 2 N–H and O–H groups in total. The Morgan fingerprint density at radius 3 is 2.63 bits per heavy atom. The first kappa shape index (κ1) is 15.8. The fourth-order valence-corrected chi connectivity index (χ4v) is 2.18. The van der Waals surface area contributed by atoms with Crippen molar-refractivity contribution in [3.05, 3.63) is 23.8 Å². The summed E-state index contributed by atoms with van der Waals surface area (Å²) in [4.78, 5) is 2.19. The summed E-state index contributed by atoms with van der Waals surface area (Å²) in [5.41, 5.74) is 1.97. The first-order valence-electron chi connectivity index (χ1n) is 6.94. The van der Waals surface area contributed by atoms with E-state index in [4.69, 9.17) is 4.74 Å². The van der Waals surface area contributed by atoms with Gasteiger partial charge in [0, 0.05) is 43.6 Å². The molecule has 0 radical (unpaired) electrons. The number of methoxy groups -OCH3 is 1. The molecular formula is C15H26N2O2. The minimum atomic E-state index is 0.160. The predicted molar refractivity (Wildman–Crippen MR) is 80.0 cm³/mol. The SMILES string of the molecule is CCNC(C)c1ccc(N(CC)CCOC)cc1O. The van der Waals surface area contributed by atoms with E-state index in [-0.39, 0.29) is 6.04 Å². The van der Waals surface area contributed by atoms with Crippen LogP contribution in [0.3, 0.4) is 0 Å². The Bertz CT molecular complexity index is 382. The lowest BCUT2D eigenvalue weighted by Gasteiger charge is -2.24. The van der Waals surface area contributed by atoms with Crippen LogP contribution in [0.15, 0.2) is 18.2 Å². The van der Waals surface area contributed by atoms with E-state index >= 15 is 0 Å². The molecule has 1 aromatic rings. The van der Waals surface area contributed by atoms with E-state index in [2.05, 4.69) is 37.1 Å². The quantitative estimate of drug-likeness (QED) is 0.759. The zero-order valence-corrected chi connectivity index (χ0v) is 12.4. The summed E-state index contributed by atoms with van der Waals surface area (Å²) in [7, 11) is 1.70. The summed E-state index contributed by atoms with van der Waals surface area (Å²) in [6, 6.07) is 6.05. The van der Waals surface area contributed by atoms with Gasteiger partial charge in [0.05, 0.1) is 6.61 Å². The number of hydrogen-bond acceptors (Lipinski definition) is 4. The average molecular weight is 266 g/mol. The van der Waals surface area contributed by atoms with Crippen molar-refractivity contribution in [2.24, 2.45) is 0 Å². The summed E-state index contributed by atoms with van der Waals surface area (Å²) in [6.45, 7) is 9.51. The highest BCUT2D eigenvalue weighted by Gasteiger charge is 2.12. The minimum Gasteiger partial charge on any atom is -0.508 e. The largest absolute Gasteiger partial charge is 0.508 e. The fourth-order valence-electron chi connectivity index (χ4n) is 2.18. The molecule has 0 heterocycles. The molecule has 0 aliphatic carbocycles. The van der Waals surface area contributed by atoms with Gasteiger partial charge in [-0.25, -0.2) is 0 Å². The molecule has 0 spiro atoms. The Hall–Kier alpha value is -1.26. The van der Waals surface area contributed by atoms with Crippen LogP contribution < -0.4 is 10.2 Å². The van der Waals surface area contributed by atoms with E-state index in [0.717, 1.165) is 30.9 Å². The maximum absolute atomic E-state index is 10.2. The Morgan fingerprint density at radius 1 is 1.37 bits per heavy atom. The van der Waals surface area contributed by atoms with Crippen molar-refractivity contribution < 1.29 is 9.84 Å². The molecule has 0 saturated heterocycles. The van der Waals surface area contributed by atoms with Crippen molar-refractivity contribution in [3.8, 4) is 5.75 Å². The number of rotatable bonds is 8. The normalized spacial score (nSPS) is 12.4. The van der Waals surface area contributed by atoms with Crippen molar-refractivity contribution in [2.45, 2.75) is 26.8 Å². The molecule has 1 unspecified atom stereocenters. The van der Waals surface area contributed by atoms with Gasteiger partial charge in [0.15, 0.2) is 0 Å². The van der Waals surface area contributed by atoms with Crippen LogP contribution in [0.25, 0.3) is 0 Å². The topological polar surface area (TPSA) is 44.7 Å². The molecule has 1 rings (SSSR count). The Balaban J connectivity index is 2.85. The maximum Gasteiger partial charge on any atom is 0.122 e. The van der Waals surface area contributed by atoms with Crippen LogP contribution >= 0.6 is 0 Å². The lowest BCUT2D eigenvalue weighted by molar-refractivity contribution is 0.205. The molecule has 4 heteroatoms. The smallest absolute Gasteiger partial charge is 0.122 e. The van der Waals surface area contributed by atoms with E-state index in [1.165, 1.54) is 0 Å². The molecule has 0 saturated carbocycles. The van der Waals surface area contributed by atoms with Crippen molar-refractivity contribution in [1.29, 1.82) is 0 Å². The standard InChI is InChI=1S/C15H26N2O2/c1-5-16-12(3)14-8-7-13(11-15(14)18)17(6-2)9-10-19-4/h7-8,11-12,16,18H,5-6,9-10H2,1-4H3. The highest BCUT2D eigenvalue weighted by Crippen LogP contribution is 2.28. The first-order valence-corrected chi connectivity index (χ1v) is 6.94. The molecule has 4 nitrogen and oxygen atoms in total. The highest BCUT2D eigenvalue weighted by atomic mass is 16.5. The number of hydrogen-bond donors (Lipinski definition) is 2. The van der Waals surface area contributed by atoms with Gasteiger partial charge in [-0.3, -0.25) is 0 Å². The second kappa shape index (κ2) is 8.02. The molecule has 1 atom stereocenters. The van der Waals surface area contributed by atoms with Gasteiger partial charge in [-0.05, 0) is 26.5 Å². The Morgan fingerprint density at radius 2 is 2.11 bits per heavy atom. The van der Waals surface area contributed by atoms with Gasteiger partial charge in [0.25, 0.3) is 0 Å². The Kier molecular flexibility index (Phi) is 6.67. The van der Waals surface area contributed by atoms with E-state index in [1.54, 1.807) is 7.11 Å². The number of likely N-dealkylation sites (N-methyl/N-ethyl adjacent to an activating group) is 1. The number of aromatic hydroxyl groups is 1. The number of benzene rings is 1. The molecular weight excluding hydrogens is 240 g/mol. The summed E-state index contributed by atoms with van der Waals surface area (Å²) in [5.74, 6) is 0.349. The minimum absolute atomic E-state index is 0.160. The van der Waals surface area contributed by atoms with Crippen LogP contribution in [0.1, 0.15) is 32.4 Å². The average Bonchev–Trinajstić information content (AvgIpc) is 2.40. The molecule has 108 valence electrons. The van der Waals surface area contributed by atoms with Crippen LogP contribution in [0.4, 0.5) is 5.69 Å². The fraction of sp³-hybridized carbons (Fsp3) is 0.600. The number of phenols is 1.